The van der Waals surface area contributed by atoms with Crippen molar-refractivity contribution in [2.45, 2.75) is 6.92 Å². The molecular formula is C6H6Cl2N2O. The zero-order valence-corrected chi connectivity index (χ0v) is 7.57. The van der Waals surface area contributed by atoms with Crippen molar-refractivity contribution in [1.82, 2.24) is 9.78 Å². The van der Waals surface area contributed by atoms with Crippen molar-refractivity contribution in [2.24, 2.45) is 7.05 Å². The van der Waals surface area contributed by atoms with Crippen LogP contribution in [0.15, 0.2) is 0 Å². The van der Waals surface area contributed by atoms with Crippen molar-refractivity contribution < 1.29 is 4.79 Å². The number of hydrogen-bond acceptors (Lipinski definition) is 2. The molecule has 3 nitrogen and oxygen atoms in total. The molecule has 0 aliphatic carbocycles. The van der Waals surface area contributed by atoms with E-state index in [1.807, 2.05) is 0 Å². The second kappa shape index (κ2) is 2.83. The molecule has 0 saturated heterocycles. The second-order valence-electron chi connectivity index (χ2n) is 2.16. The molecule has 0 unspecified atom stereocenters. The lowest BCUT2D eigenvalue weighted by Gasteiger charge is -1.87. The van der Waals surface area contributed by atoms with E-state index in [1.165, 1.54) is 4.68 Å². The smallest absolute Gasteiger partial charge is 0.273 e. The van der Waals surface area contributed by atoms with Gasteiger partial charge in [-0.2, -0.15) is 5.10 Å². The average molecular weight is 193 g/mol. The van der Waals surface area contributed by atoms with Crippen LogP contribution in [0.4, 0.5) is 0 Å². The summed E-state index contributed by atoms with van der Waals surface area (Å²) >= 11 is 11.0. The van der Waals surface area contributed by atoms with Crippen molar-refractivity contribution in [2.75, 3.05) is 0 Å². The molecule has 0 atom stereocenters. The Balaban J connectivity index is 3.29. The minimum Gasteiger partial charge on any atom is -0.274 e. The van der Waals surface area contributed by atoms with E-state index in [4.69, 9.17) is 23.2 Å². The molecule has 0 N–H and O–H groups in total. The largest absolute Gasteiger partial charge is 0.274 e. The number of rotatable bonds is 1. The fourth-order valence-corrected chi connectivity index (χ4v) is 1.10. The average Bonchev–Trinajstić information content (AvgIpc) is 2.17. The van der Waals surface area contributed by atoms with Crippen molar-refractivity contribution in [3.8, 4) is 0 Å². The molecule has 0 spiro atoms. The van der Waals surface area contributed by atoms with Crippen LogP contribution >= 0.6 is 23.2 Å². The van der Waals surface area contributed by atoms with Gasteiger partial charge < -0.3 is 0 Å². The molecular weight excluding hydrogens is 187 g/mol. The first kappa shape index (κ1) is 8.56. The van der Waals surface area contributed by atoms with Gasteiger partial charge in [0.15, 0.2) is 0 Å². The van der Waals surface area contributed by atoms with Gasteiger partial charge in [-0.15, -0.1) is 0 Å². The number of carbonyl (C=O) groups is 1. The van der Waals surface area contributed by atoms with Gasteiger partial charge in [0.25, 0.3) is 5.24 Å². The maximum Gasteiger partial charge on any atom is 0.273 e. The van der Waals surface area contributed by atoms with Gasteiger partial charge in [-0.1, -0.05) is 11.6 Å². The third-order valence-electron chi connectivity index (χ3n) is 1.38. The summed E-state index contributed by atoms with van der Waals surface area (Å²) in [6.07, 6.45) is 0. The van der Waals surface area contributed by atoms with Gasteiger partial charge in [-0.3, -0.25) is 9.48 Å². The molecule has 60 valence electrons. The molecule has 0 fully saturated rings. The van der Waals surface area contributed by atoms with Crippen LogP contribution in [0.1, 0.15) is 16.1 Å². The molecule has 1 heterocycles. The maximum atomic E-state index is 10.7. The summed E-state index contributed by atoms with van der Waals surface area (Å²) < 4.78 is 1.41. The monoisotopic (exact) mass is 192 g/mol. The summed E-state index contributed by atoms with van der Waals surface area (Å²) in [4.78, 5) is 10.7. The first-order valence-corrected chi connectivity index (χ1v) is 3.68. The molecule has 0 saturated carbocycles. The summed E-state index contributed by atoms with van der Waals surface area (Å²) in [5, 5.41) is 3.67. The lowest BCUT2D eigenvalue weighted by atomic mass is 10.3. The highest BCUT2D eigenvalue weighted by molar-refractivity contribution is 6.67. The van der Waals surface area contributed by atoms with Crippen molar-refractivity contribution in [3.05, 3.63) is 16.4 Å². The summed E-state index contributed by atoms with van der Waals surface area (Å²) in [7, 11) is 1.65. The topological polar surface area (TPSA) is 34.9 Å². The quantitative estimate of drug-likeness (QED) is 0.637. The third kappa shape index (κ3) is 1.39. The van der Waals surface area contributed by atoms with Crippen molar-refractivity contribution in [1.29, 1.82) is 0 Å². The van der Waals surface area contributed by atoms with Crippen LogP contribution in [-0.2, 0) is 7.05 Å². The summed E-state index contributed by atoms with van der Waals surface area (Å²) in [6.45, 7) is 1.70. The maximum absolute atomic E-state index is 10.7. The lowest BCUT2D eigenvalue weighted by Crippen LogP contribution is -1.94. The summed E-state index contributed by atoms with van der Waals surface area (Å²) in [5.74, 6) is 0. The van der Waals surface area contributed by atoms with Gasteiger partial charge in [-0.25, -0.2) is 0 Å². The van der Waals surface area contributed by atoms with Gasteiger partial charge >= 0.3 is 0 Å². The summed E-state index contributed by atoms with van der Waals surface area (Å²) in [5.41, 5.74) is 0.841. The molecule has 5 heteroatoms. The molecule has 0 radical (unpaired) electrons. The fourth-order valence-electron chi connectivity index (χ4n) is 0.796. The Hall–Kier alpha value is -0.540. The van der Waals surface area contributed by atoms with Gasteiger partial charge in [0, 0.05) is 12.6 Å². The van der Waals surface area contributed by atoms with Gasteiger partial charge in [-0.05, 0) is 18.5 Å². The van der Waals surface area contributed by atoms with Crippen LogP contribution in [0.2, 0.25) is 5.15 Å². The molecule has 0 aromatic carbocycles. The predicted molar refractivity (Wildman–Crippen MR) is 43.1 cm³/mol. The van der Waals surface area contributed by atoms with Gasteiger partial charge in [0.2, 0.25) is 0 Å². The standard InChI is InChI=1S/C6H6Cl2N2O/c1-3-4(6(8)11)9-10(2)5(3)7/h1-2H3. The number of aromatic nitrogens is 2. The number of carbonyl (C=O) groups excluding carboxylic acids is 1. The van der Waals surface area contributed by atoms with E-state index in [0.29, 0.717) is 10.7 Å². The van der Waals surface area contributed by atoms with Crippen LogP contribution in [0.25, 0.3) is 0 Å². The molecule has 0 bridgehead atoms. The Morgan fingerprint density at radius 2 is 2.18 bits per heavy atom. The van der Waals surface area contributed by atoms with E-state index in [2.05, 4.69) is 5.10 Å². The van der Waals surface area contributed by atoms with Crippen LogP contribution in [0, 0.1) is 6.92 Å². The molecule has 1 rings (SSSR count). The Kier molecular flexibility index (Phi) is 2.20. The Morgan fingerprint density at radius 1 is 1.64 bits per heavy atom. The van der Waals surface area contributed by atoms with Crippen molar-refractivity contribution in [3.63, 3.8) is 0 Å². The number of halogens is 2. The second-order valence-corrected chi connectivity index (χ2v) is 2.86. The first-order valence-electron chi connectivity index (χ1n) is 2.93. The number of hydrogen-bond donors (Lipinski definition) is 0. The number of nitrogens with zero attached hydrogens (tertiary/aromatic N) is 2. The van der Waals surface area contributed by atoms with E-state index < -0.39 is 5.24 Å². The fraction of sp³-hybridized carbons (Fsp3) is 0.333. The van der Waals surface area contributed by atoms with Crippen LogP contribution in [0.3, 0.4) is 0 Å². The van der Waals surface area contributed by atoms with Gasteiger partial charge in [0.05, 0.1) is 0 Å². The molecule has 0 aliphatic heterocycles. The SMILES string of the molecule is Cc1c(C(=O)Cl)nn(C)c1Cl. The minimum atomic E-state index is -0.579. The molecule has 0 aliphatic rings. The highest BCUT2D eigenvalue weighted by Crippen LogP contribution is 2.18. The van der Waals surface area contributed by atoms with Gasteiger partial charge in [0.1, 0.15) is 10.8 Å². The molecule has 11 heavy (non-hydrogen) atoms. The molecule has 0 amide bonds. The Bertz CT molecular complexity index is 306. The van der Waals surface area contributed by atoms with Crippen LogP contribution in [0.5, 0.6) is 0 Å². The van der Waals surface area contributed by atoms with Crippen molar-refractivity contribution >= 4 is 28.4 Å². The zero-order valence-electron chi connectivity index (χ0n) is 6.06. The van der Waals surface area contributed by atoms with E-state index in [9.17, 15) is 4.79 Å². The predicted octanol–water partition coefficient (Wildman–Crippen LogP) is 1.76. The van der Waals surface area contributed by atoms with E-state index >= 15 is 0 Å². The van der Waals surface area contributed by atoms with E-state index in [1.54, 1.807) is 14.0 Å². The van der Waals surface area contributed by atoms with Crippen LogP contribution in [-0.4, -0.2) is 15.0 Å². The third-order valence-corrected chi connectivity index (χ3v) is 2.09. The number of aryl methyl sites for hydroxylation is 1. The van der Waals surface area contributed by atoms with E-state index in [-0.39, 0.29) is 5.69 Å². The zero-order chi connectivity index (χ0) is 8.59. The Labute approximate surface area is 73.9 Å². The highest BCUT2D eigenvalue weighted by atomic mass is 35.5. The molecule has 1 aromatic rings. The van der Waals surface area contributed by atoms with Crippen LogP contribution < -0.4 is 0 Å². The lowest BCUT2D eigenvalue weighted by molar-refractivity contribution is 0.107. The van der Waals surface area contributed by atoms with E-state index in [0.717, 1.165) is 0 Å². The summed E-state index contributed by atoms with van der Waals surface area (Å²) in [6, 6.07) is 0. The molecule has 1 aromatic heterocycles. The minimum absolute atomic E-state index is 0.221. The highest BCUT2D eigenvalue weighted by Gasteiger charge is 2.14. The Morgan fingerprint density at radius 3 is 2.36 bits per heavy atom. The normalized spacial score (nSPS) is 10.2. The first-order chi connectivity index (χ1) is 5.04.